The Morgan fingerprint density at radius 3 is 2.90 bits per heavy atom. The van der Waals surface area contributed by atoms with Gasteiger partial charge in [0.05, 0.1) is 24.9 Å². The van der Waals surface area contributed by atoms with Crippen LogP contribution in [0, 0.1) is 6.92 Å². The van der Waals surface area contributed by atoms with E-state index in [9.17, 15) is 0 Å². The highest BCUT2D eigenvalue weighted by Gasteiger charge is 2.22. The molecule has 3 heterocycles. The lowest BCUT2D eigenvalue weighted by molar-refractivity contribution is 0.261. The lowest BCUT2D eigenvalue weighted by Gasteiger charge is -2.28. The van der Waals surface area contributed by atoms with Gasteiger partial charge in [0.2, 0.25) is 0 Å². The molecule has 1 unspecified atom stereocenters. The summed E-state index contributed by atoms with van der Waals surface area (Å²) in [6, 6.07) is 8.28. The fourth-order valence-electron chi connectivity index (χ4n) is 3.38. The maximum atomic E-state index is 5.81. The Kier molecular flexibility index (Phi) is 6.50. The van der Waals surface area contributed by atoms with E-state index in [1.807, 2.05) is 36.7 Å². The lowest BCUT2D eigenvalue weighted by atomic mass is 10.0. The summed E-state index contributed by atoms with van der Waals surface area (Å²) in [5, 5.41) is 18.6. The molecule has 1 aliphatic heterocycles. The number of rotatable bonds is 6. The number of nitrogens with zero attached hydrogens (tertiary/aromatic N) is 5. The summed E-state index contributed by atoms with van der Waals surface area (Å²) in [5.74, 6) is 3.77. The van der Waals surface area contributed by atoms with Crippen molar-refractivity contribution in [1.82, 2.24) is 30.4 Å². The maximum absolute atomic E-state index is 5.81. The van der Waals surface area contributed by atoms with E-state index >= 15 is 0 Å². The Morgan fingerprint density at radius 1 is 1.32 bits per heavy atom. The molecule has 2 aromatic heterocycles. The zero-order valence-electron chi connectivity index (χ0n) is 18.4. The molecule has 0 amide bonds. The molecule has 4 rings (SSSR count). The second-order valence-electron chi connectivity index (χ2n) is 7.93. The minimum absolute atomic E-state index is 0.125. The summed E-state index contributed by atoms with van der Waals surface area (Å²) >= 11 is 1.67. The molecule has 0 spiro atoms. The first-order chi connectivity index (χ1) is 15.0. The molecule has 1 atom stereocenters. The van der Waals surface area contributed by atoms with E-state index in [1.54, 1.807) is 11.3 Å². The molecular formula is C22H29N7OS. The molecule has 0 aliphatic carbocycles. The topological polar surface area (TPSA) is 89.2 Å². The van der Waals surface area contributed by atoms with Gasteiger partial charge in [-0.15, -0.1) is 21.5 Å². The minimum Gasteiger partial charge on any atom is -0.493 e. The van der Waals surface area contributed by atoms with E-state index in [1.165, 1.54) is 0 Å². The fourth-order valence-corrected chi connectivity index (χ4v) is 4.27. The number of nitrogens with one attached hydrogen (secondary N) is 2. The van der Waals surface area contributed by atoms with E-state index in [4.69, 9.17) is 14.7 Å². The first kappa shape index (κ1) is 21.3. The summed E-state index contributed by atoms with van der Waals surface area (Å²) < 4.78 is 7.77. The zero-order chi connectivity index (χ0) is 21.8. The summed E-state index contributed by atoms with van der Waals surface area (Å²) in [4.78, 5) is 9.53. The van der Waals surface area contributed by atoms with Crippen LogP contribution >= 0.6 is 11.3 Å². The SMILES string of the molecule is Cc1nnc(CN=C(NCc2nc(C(C)C)cs2)NC2CCOc3ccccc32)n1C. The third-order valence-electron chi connectivity index (χ3n) is 5.40. The number of hydrogen-bond donors (Lipinski definition) is 2. The van der Waals surface area contributed by atoms with E-state index < -0.39 is 0 Å². The van der Waals surface area contributed by atoms with E-state index in [-0.39, 0.29) is 6.04 Å². The van der Waals surface area contributed by atoms with Crippen LogP contribution in [0.4, 0.5) is 0 Å². The van der Waals surface area contributed by atoms with Crippen LogP contribution in [0.15, 0.2) is 34.6 Å². The maximum Gasteiger partial charge on any atom is 0.192 e. The van der Waals surface area contributed by atoms with Gasteiger partial charge in [-0.25, -0.2) is 9.98 Å². The van der Waals surface area contributed by atoms with Crippen molar-refractivity contribution < 1.29 is 4.74 Å². The first-order valence-corrected chi connectivity index (χ1v) is 11.4. The van der Waals surface area contributed by atoms with Gasteiger partial charge in [-0.1, -0.05) is 32.0 Å². The van der Waals surface area contributed by atoms with Gasteiger partial charge in [-0.2, -0.15) is 0 Å². The highest BCUT2D eigenvalue weighted by Crippen LogP contribution is 2.31. The number of guanidine groups is 1. The fraction of sp³-hybridized carbons (Fsp3) is 0.455. The molecule has 0 bridgehead atoms. The molecular weight excluding hydrogens is 410 g/mol. The van der Waals surface area contributed by atoms with E-state index in [0.717, 1.165) is 46.0 Å². The van der Waals surface area contributed by atoms with Crippen LogP contribution in [0.5, 0.6) is 5.75 Å². The van der Waals surface area contributed by atoms with Crippen molar-refractivity contribution in [3.05, 3.63) is 57.6 Å². The van der Waals surface area contributed by atoms with Crippen LogP contribution in [0.25, 0.3) is 0 Å². The Morgan fingerprint density at radius 2 is 2.16 bits per heavy atom. The summed E-state index contributed by atoms with van der Waals surface area (Å²) in [6.07, 6.45) is 0.871. The van der Waals surface area contributed by atoms with Crippen LogP contribution in [-0.4, -0.2) is 32.3 Å². The third kappa shape index (κ3) is 5.04. The van der Waals surface area contributed by atoms with Gasteiger partial charge in [0.15, 0.2) is 11.8 Å². The first-order valence-electron chi connectivity index (χ1n) is 10.6. The Balaban J connectivity index is 1.52. The van der Waals surface area contributed by atoms with Crippen molar-refractivity contribution in [2.45, 2.75) is 52.2 Å². The summed E-state index contributed by atoms with van der Waals surface area (Å²) in [7, 11) is 1.96. The summed E-state index contributed by atoms with van der Waals surface area (Å²) in [5.41, 5.74) is 2.27. The molecule has 8 nitrogen and oxygen atoms in total. The number of para-hydroxylation sites is 1. The van der Waals surface area contributed by atoms with E-state index in [2.05, 4.69) is 46.1 Å². The Bertz CT molecular complexity index is 1060. The molecule has 0 fully saturated rings. The number of aryl methyl sites for hydroxylation is 1. The van der Waals surface area contributed by atoms with Crippen molar-refractivity contribution >= 4 is 17.3 Å². The van der Waals surface area contributed by atoms with Crippen molar-refractivity contribution in [3.8, 4) is 5.75 Å². The standard InChI is InChI=1S/C22H29N7OS/c1-14(2)18-13-31-21(25-18)12-24-22(23-11-20-28-27-15(3)29(20)4)26-17-9-10-30-19-8-6-5-7-16(17)19/h5-8,13-14,17H,9-12H2,1-4H3,(H2,23,24,26). The molecule has 1 aliphatic rings. The van der Waals surface area contributed by atoms with Crippen molar-refractivity contribution in [1.29, 1.82) is 0 Å². The number of benzene rings is 1. The lowest BCUT2D eigenvalue weighted by Crippen LogP contribution is -2.41. The number of thiazole rings is 1. The van der Waals surface area contributed by atoms with Gasteiger partial charge in [0.25, 0.3) is 0 Å². The molecule has 2 N–H and O–H groups in total. The predicted molar refractivity (Wildman–Crippen MR) is 122 cm³/mol. The Hall–Kier alpha value is -2.94. The van der Waals surface area contributed by atoms with Gasteiger partial charge < -0.3 is 19.9 Å². The molecule has 164 valence electrons. The van der Waals surface area contributed by atoms with Crippen LogP contribution in [0.2, 0.25) is 0 Å². The molecule has 1 aromatic carbocycles. The van der Waals surface area contributed by atoms with Gasteiger partial charge in [0.1, 0.15) is 23.1 Å². The molecule has 9 heteroatoms. The average molecular weight is 440 g/mol. The van der Waals surface area contributed by atoms with Crippen LogP contribution < -0.4 is 15.4 Å². The minimum atomic E-state index is 0.125. The normalized spacial score (nSPS) is 16.2. The second kappa shape index (κ2) is 9.47. The number of aliphatic imine (C=N–C) groups is 1. The number of aromatic nitrogens is 4. The van der Waals surface area contributed by atoms with Crippen LogP contribution in [0.1, 0.15) is 60.1 Å². The Labute approximate surface area is 186 Å². The van der Waals surface area contributed by atoms with Gasteiger partial charge >= 0.3 is 0 Å². The van der Waals surface area contributed by atoms with Gasteiger partial charge in [-0.05, 0) is 18.9 Å². The molecule has 0 radical (unpaired) electrons. The third-order valence-corrected chi connectivity index (χ3v) is 6.27. The highest BCUT2D eigenvalue weighted by molar-refractivity contribution is 7.09. The van der Waals surface area contributed by atoms with E-state index in [0.29, 0.717) is 25.6 Å². The highest BCUT2D eigenvalue weighted by atomic mass is 32.1. The quantitative estimate of drug-likeness (QED) is 0.452. The second-order valence-corrected chi connectivity index (χ2v) is 8.88. The zero-order valence-corrected chi connectivity index (χ0v) is 19.2. The molecule has 31 heavy (non-hydrogen) atoms. The molecule has 0 saturated carbocycles. The van der Waals surface area contributed by atoms with Crippen LogP contribution in [0.3, 0.4) is 0 Å². The van der Waals surface area contributed by atoms with Crippen LogP contribution in [-0.2, 0) is 20.1 Å². The summed E-state index contributed by atoms with van der Waals surface area (Å²) in [6.45, 7) is 7.98. The smallest absolute Gasteiger partial charge is 0.192 e. The largest absolute Gasteiger partial charge is 0.493 e. The number of hydrogen-bond acceptors (Lipinski definition) is 6. The van der Waals surface area contributed by atoms with Gasteiger partial charge in [0, 0.05) is 24.4 Å². The monoisotopic (exact) mass is 439 g/mol. The predicted octanol–water partition coefficient (Wildman–Crippen LogP) is 3.46. The number of fused-ring (bicyclic) bond motifs is 1. The number of ether oxygens (including phenoxy) is 1. The molecule has 0 saturated heterocycles. The van der Waals surface area contributed by atoms with Crippen molar-refractivity contribution in [2.75, 3.05) is 6.61 Å². The van der Waals surface area contributed by atoms with Gasteiger partial charge in [-0.3, -0.25) is 0 Å². The molecule has 3 aromatic rings. The van der Waals surface area contributed by atoms with Crippen molar-refractivity contribution in [3.63, 3.8) is 0 Å². The average Bonchev–Trinajstić information content (AvgIpc) is 3.38. The van der Waals surface area contributed by atoms with Crippen molar-refractivity contribution in [2.24, 2.45) is 12.0 Å².